The van der Waals surface area contributed by atoms with Crippen LogP contribution in [0.3, 0.4) is 0 Å². The molecule has 0 saturated carbocycles. The SMILES string of the molecule is CC(CC(=O)NC1CCSc2ccccc21)C(C)(C)C. The third-order valence-electron chi connectivity index (χ3n) is 4.26. The number of rotatable bonds is 3. The van der Waals surface area contributed by atoms with Gasteiger partial charge in [0.1, 0.15) is 0 Å². The van der Waals surface area contributed by atoms with E-state index in [0.717, 1.165) is 12.2 Å². The summed E-state index contributed by atoms with van der Waals surface area (Å²) in [5.74, 6) is 1.64. The summed E-state index contributed by atoms with van der Waals surface area (Å²) >= 11 is 1.89. The molecule has 1 aliphatic rings. The molecule has 0 aliphatic carbocycles. The number of hydrogen-bond acceptors (Lipinski definition) is 2. The van der Waals surface area contributed by atoms with Gasteiger partial charge in [-0.15, -0.1) is 11.8 Å². The molecule has 1 aliphatic heterocycles. The molecule has 0 aromatic heterocycles. The minimum atomic E-state index is 0.178. The number of amides is 1. The van der Waals surface area contributed by atoms with Crippen LogP contribution in [0.25, 0.3) is 0 Å². The van der Waals surface area contributed by atoms with Crippen molar-refractivity contribution in [1.82, 2.24) is 5.32 Å². The molecule has 0 spiro atoms. The van der Waals surface area contributed by atoms with Crippen LogP contribution < -0.4 is 5.32 Å². The van der Waals surface area contributed by atoms with Crippen molar-refractivity contribution < 1.29 is 4.79 Å². The maximum Gasteiger partial charge on any atom is 0.220 e. The van der Waals surface area contributed by atoms with E-state index in [-0.39, 0.29) is 17.4 Å². The highest BCUT2D eigenvalue weighted by Gasteiger charge is 2.26. The fourth-order valence-corrected chi connectivity index (χ4v) is 3.45. The van der Waals surface area contributed by atoms with Crippen molar-refractivity contribution in [3.63, 3.8) is 0 Å². The van der Waals surface area contributed by atoms with Crippen molar-refractivity contribution in [3.05, 3.63) is 29.8 Å². The van der Waals surface area contributed by atoms with E-state index < -0.39 is 0 Å². The molecule has 1 N–H and O–H groups in total. The molecule has 0 fully saturated rings. The van der Waals surface area contributed by atoms with E-state index in [1.165, 1.54) is 10.5 Å². The first kappa shape index (κ1) is 15.4. The summed E-state index contributed by atoms with van der Waals surface area (Å²) in [7, 11) is 0. The Labute approximate surface area is 126 Å². The van der Waals surface area contributed by atoms with Crippen molar-refractivity contribution in [3.8, 4) is 0 Å². The normalized spacial score (nSPS) is 20.1. The highest BCUT2D eigenvalue weighted by atomic mass is 32.2. The van der Waals surface area contributed by atoms with Crippen LogP contribution in [0.15, 0.2) is 29.2 Å². The number of hydrogen-bond donors (Lipinski definition) is 1. The number of thioether (sulfide) groups is 1. The smallest absolute Gasteiger partial charge is 0.220 e. The van der Waals surface area contributed by atoms with Gasteiger partial charge in [-0.1, -0.05) is 45.9 Å². The molecule has 0 radical (unpaired) electrons. The predicted octanol–water partition coefficient (Wildman–Crippen LogP) is 4.41. The largest absolute Gasteiger partial charge is 0.349 e. The van der Waals surface area contributed by atoms with Gasteiger partial charge < -0.3 is 5.32 Å². The van der Waals surface area contributed by atoms with E-state index >= 15 is 0 Å². The van der Waals surface area contributed by atoms with E-state index in [9.17, 15) is 4.79 Å². The summed E-state index contributed by atoms with van der Waals surface area (Å²) in [6, 6.07) is 8.60. The minimum Gasteiger partial charge on any atom is -0.349 e. The van der Waals surface area contributed by atoms with Gasteiger partial charge >= 0.3 is 0 Å². The molecule has 110 valence electrons. The molecule has 1 aromatic rings. The maximum atomic E-state index is 12.3. The summed E-state index contributed by atoms with van der Waals surface area (Å²) in [4.78, 5) is 13.6. The van der Waals surface area contributed by atoms with Gasteiger partial charge in [0.25, 0.3) is 0 Å². The Morgan fingerprint density at radius 2 is 2.10 bits per heavy atom. The van der Waals surface area contributed by atoms with Crippen LogP contribution >= 0.6 is 11.8 Å². The number of carbonyl (C=O) groups excluding carboxylic acids is 1. The van der Waals surface area contributed by atoms with E-state index in [1.54, 1.807) is 0 Å². The number of nitrogens with one attached hydrogen (secondary N) is 1. The molecular weight excluding hydrogens is 266 g/mol. The minimum absolute atomic E-state index is 0.178. The average molecular weight is 291 g/mol. The van der Waals surface area contributed by atoms with Crippen molar-refractivity contribution >= 4 is 17.7 Å². The topological polar surface area (TPSA) is 29.1 Å². The molecule has 3 heteroatoms. The van der Waals surface area contributed by atoms with Crippen LogP contribution in [-0.4, -0.2) is 11.7 Å². The van der Waals surface area contributed by atoms with Gasteiger partial charge in [0, 0.05) is 17.1 Å². The van der Waals surface area contributed by atoms with Gasteiger partial charge in [-0.3, -0.25) is 4.79 Å². The molecule has 2 nitrogen and oxygen atoms in total. The quantitative estimate of drug-likeness (QED) is 0.893. The van der Waals surface area contributed by atoms with Crippen molar-refractivity contribution in [2.24, 2.45) is 11.3 Å². The van der Waals surface area contributed by atoms with E-state index in [1.807, 2.05) is 11.8 Å². The lowest BCUT2D eigenvalue weighted by molar-refractivity contribution is -0.123. The molecule has 0 saturated heterocycles. The van der Waals surface area contributed by atoms with Crippen LogP contribution in [0, 0.1) is 11.3 Å². The standard InChI is InChI=1S/C17H25NOS/c1-12(17(2,3)4)11-16(19)18-14-9-10-20-15-8-6-5-7-13(14)15/h5-8,12,14H,9-11H2,1-4H3,(H,18,19). The fraction of sp³-hybridized carbons (Fsp3) is 0.588. The van der Waals surface area contributed by atoms with E-state index in [0.29, 0.717) is 12.3 Å². The first-order chi connectivity index (χ1) is 9.38. The zero-order valence-corrected chi connectivity index (χ0v) is 13.7. The number of benzene rings is 1. The average Bonchev–Trinajstić information content (AvgIpc) is 2.38. The Hall–Kier alpha value is -0.960. The third-order valence-corrected chi connectivity index (χ3v) is 5.39. The molecule has 1 aromatic carbocycles. The molecule has 1 amide bonds. The van der Waals surface area contributed by atoms with Gasteiger partial charge in [-0.05, 0) is 29.4 Å². The second kappa shape index (κ2) is 6.21. The second-order valence-electron chi connectivity index (χ2n) is 6.77. The fourth-order valence-electron chi connectivity index (χ4n) is 2.33. The van der Waals surface area contributed by atoms with Crippen molar-refractivity contribution in [1.29, 1.82) is 0 Å². The Bertz CT molecular complexity index is 478. The van der Waals surface area contributed by atoms with Crippen molar-refractivity contribution in [2.75, 3.05) is 5.75 Å². The lowest BCUT2D eigenvalue weighted by Gasteiger charge is -2.29. The van der Waals surface area contributed by atoms with Gasteiger partial charge in [-0.25, -0.2) is 0 Å². The zero-order valence-electron chi connectivity index (χ0n) is 12.9. The summed E-state index contributed by atoms with van der Waals surface area (Å²) < 4.78 is 0. The molecule has 2 atom stereocenters. The molecule has 20 heavy (non-hydrogen) atoms. The monoisotopic (exact) mass is 291 g/mol. The number of fused-ring (bicyclic) bond motifs is 1. The molecule has 2 rings (SSSR count). The summed E-state index contributed by atoms with van der Waals surface area (Å²) in [6.45, 7) is 8.73. The maximum absolute atomic E-state index is 12.3. The first-order valence-corrected chi connectivity index (χ1v) is 8.37. The Balaban J connectivity index is 1.99. The van der Waals surface area contributed by atoms with Crippen LogP contribution in [0.5, 0.6) is 0 Å². The van der Waals surface area contributed by atoms with Gasteiger partial charge in [0.05, 0.1) is 6.04 Å². The van der Waals surface area contributed by atoms with E-state index in [4.69, 9.17) is 0 Å². The van der Waals surface area contributed by atoms with Gasteiger partial charge in [0.2, 0.25) is 5.91 Å². The summed E-state index contributed by atoms with van der Waals surface area (Å²) in [5, 5.41) is 3.23. The third kappa shape index (κ3) is 3.78. The molecule has 1 heterocycles. The number of carbonyl (C=O) groups is 1. The Kier molecular flexibility index (Phi) is 4.79. The predicted molar refractivity (Wildman–Crippen MR) is 85.9 cm³/mol. The van der Waals surface area contributed by atoms with Gasteiger partial charge in [0.15, 0.2) is 0 Å². The Morgan fingerprint density at radius 3 is 2.80 bits per heavy atom. The van der Waals surface area contributed by atoms with Crippen LogP contribution in [0.4, 0.5) is 0 Å². The molecule has 0 bridgehead atoms. The lowest BCUT2D eigenvalue weighted by Crippen LogP contribution is -2.33. The van der Waals surface area contributed by atoms with Crippen LogP contribution in [0.2, 0.25) is 0 Å². The van der Waals surface area contributed by atoms with E-state index in [2.05, 4.69) is 57.3 Å². The van der Waals surface area contributed by atoms with Crippen LogP contribution in [-0.2, 0) is 4.79 Å². The summed E-state index contributed by atoms with van der Waals surface area (Å²) in [5.41, 5.74) is 1.46. The zero-order chi connectivity index (χ0) is 14.8. The lowest BCUT2D eigenvalue weighted by atomic mass is 9.80. The van der Waals surface area contributed by atoms with Gasteiger partial charge in [-0.2, -0.15) is 0 Å². The highest BCUT2D eigenvalue weighted by molar-refractivity contribution is 7.99. The molecule has 2 unspecified atom stereocenters. The highest BCUT2D eigenvalue weighted by Crippen LogP contribution is 2.36. The second-order valence-corrected chi connectivity index (χ2v) is 7.90. The Morgan fingerprint density at radius 1 is 1.40 bits per heavy atom. The van der Waals surface area contributed by atoms with Crippen LogP contribution in [0.1, 0.15) is 52.1 Å². The molecular formula is C17H25NOS. The van der Waals surface area contributed by atoms with Crippen molar-refractivity contribution in [2.45, 2.75) is 51.5 Å². The first-order valence-electron chi connectivity index (χ1n) is 7.39. The summed E-state index contributed by atoms with van der Waals surface area (Å²) in [6.07, 6.45) is 1.63.